The van der Waals surface area contributed by atoms with Gasteiger partial charge in [-0.25, -0.2) is 12.7 Å². The molecule has 0 aromatic heterocycles. The molecule has 0 aliphatic carbocycles. The molecule has 0 amide bonds. The van der Waals surface area contributed by atoms with Crippen molar-refractivity contribution in [2.45, 2.75) is 46.1 Å². The third kappa shape index (κ3) is 4.94. The number of sulfonamides is 1. The number of hydrogen-bond donors (Lipinski definition) is 1. The summed E-state index contributed by atoms with van der Waals surface area (Å²) in [6.07, 6.45) is 2.81. The fraction of sp³-hybridized carbons (Fsp3) is 1.00. The molecule has 1 atom stereocenters. The number of hydrogen-bond acceptors (Lipinski definition) is 3. The molecule has 1 aliphatic rings. The fourth-order valence-corrected chi connectivity index (χ4v) is 4.01. The monoisotopic (exact) mass is 262 g/mol. The maximum absolute atomic E-state index is 12.1. The van der Waals surface area contributed by atoms with Crippen molar-refractivity contribution in [3.8, 4) is 0 Å². The Balaban J connectivity index is 2.52. The highest BCUT2D eigenvalue weighted by molar-refractivity contribution is 7.89. The number of piperidine rings is 1. The summed E-state index contributed by atoms with van der Waals surface area (Å²) in [5, 5.41) is 3.35. The summed E-state index contributed by atoms with van der Waals surface area (Å²) >= 11 is 0. The van der Waals surface area contributed by atoms with Gasteiger partial charge in [-0.3, -0.25) is 0 Å². The van der Waals surface area contributed by atoms with Crippen LogP contribution in [-0.2, 0) is 10.0 Å². The number of likely N-dealkylation sites (N-methyl/N-ethyl adjacent to an activating group) is 1. The molecule has 0 spiro atoms. The fourth-order valence-electron chi connectivity index (χ4n) is 2.16. The Labute approximate surface area is 106 Å². The van der Waals surface area contributed by atoms with Gasteiger partial charge in [0.25, 0.3) is 0 Å². The predicted molar refractivity (Wildman–Crippen MR) is 71.5 cm³/mol. The Kier molecular flexibility index (Phi) is 5.89. The minimum absolute atomic E-state index is 0.295. The lowest BCUT2D eigenvalue weighted by atomic mass is 10.1. The molecule has 1 rings (SSSR count). The second-order valence-corrected chi connectivity index (χ2v) is 7.34. The van der Waals surface area contributed by atoms with Crippen molar-refractivity contribution in [1.29, 1.82) is 0 Å². The van der Waals surface area contributed by atoms with E-state index in [0.717, 1.165) is 25.8 Å². The third-order valence-corrected chi connectivity index (χ3v) is 5.09. The zero-order valence-corrected chi connectivity index (χ0v) is 12.1. The summed E-state index contributed by atoms with van der Waals surface area (Å²) < 4.78 is 25.9. The van der Waals surface area contributed by atoms with Crippen LogP contribution in [0.5, 0.6) is 0 Å². The lowest BCUT2D eigenvalue weighted by Gasteiger charge is -2.32. The van der Waals surface area contributed by atoms with Crippen LogP contribution in [-0.4, -0.2) is 44.2 Å². The number of nitrogens with one attached hydrogen (secondary N) is 1. The molecule has 5 heteroatoms. The standard InChI is InChI=1S/C12H26N2O2S/c1-4-13-12-6-5-8-14(10-12)17(15,16)9-7-11(2)3/h11-13H,4-10H2,1-3H3. The van der Waals surface area contributed by atoms with E-state index in [4.69, 9.17) is 0 Å². The van der Waals surface area contributed by atoms with Gasteiger partial charge < -0.3 is 5.32 Å². The summed E-state index contributed by atoms with van der Waals surface area (Å²) in [7, 11) is -3.04. The lowest BCUT2D eigenvalue weighted by molar-refractivity contribution is 0.285. The van der Waals surface area contributed by atoms with E-state index >= 15 is 0 Å². The molecule has 0 aromatic rings. The molecule has 1 unspecified atom stereocenters. The zero-order chi connectivity index (χ0) is 12.9. The number of nitrogens with zero attached hydrogens (tertiary/aromatic N) is 1. The molecular formula is C12H26N2O2S. The summed E-state index contributed by atoms with van der Waals surface area (Å²) in [6.45, 7) is 8.44. The predicted octanol–water partition coefficient (Wildman–Crippen LogP) is 1.44. The highest BCUT2D eigenvalue weighted by Gasteiger charge is 2.28. The average Bonchev–Trinajstić information content (AvgIpc) is 2.27. The van der Waals surface area contributed by atoms with Crippen LogP contribution in [0, 0.1) is 5.92 Å². The minimum Gasteiger partial charge on any atom is -0.313 e. The second kappa shape index (κ2) is 6.71. The van der Waals surface area contributed by atoms with E-state index in [2.05, 4.69) is 26.1 Å². The van der Waals surface area contributed by atoms with E-state index < -0.39 is 10.0 Å². The van der Waals surface area contributed by atoms with Crippen molar-refractivity contribution < 1.29 is 8.42 Å². The van der Waals surface area contributed by atoms with Crippen molar-refractivity contribution in [3.05, 3.63) is 0 Å². The summed E-state index contributed by atoms with van der Waals surface area (Å²) in [6, 6.07) is 0.336. The maximum Gasteiger partial charge on any atom is 0.214 e. The van der Waals surface area contributed by atoms with Crippen LogP contribution in [0.3, 0.4) is 0 Å². The van der Waals surface area contributed by atoms with E-state index in [1.807, 2.05) is 0 Å². The van der Waals surface area contributed by atoms with Gasteiger partial charge in [-0.2, -0.15) is 0 Å². The summed E-state index contributed by atoms with van der Waals surface area (Å²) in [5.41, 5.74) is 0. The van der Waals surface area contributed by atoms with E-state index in [9.17, 15) is 8.42 Å². The van der Waals surface area contributed by atoms with Crippen LogP contribution in [0.2, 0.25) is 0 Å². The highest BCUT2D eigenvalue weighted by Crippen LogP contribution is 2.16. The van der Waals surface area contributed by atoms with Crippen LogP contribution < -0.4 is 5.32 Å². The average molecular weight is 262 g/mol. The Bertz CT molecular complexity index is 312. The van der Waals surface area contributed by atoms with Gasteiger partial charge in [0.2, 0.25) is 10.0 Å². The summed E-state index contributed by atoms with van der Waals surface area (Å²) in [4.78, 5) is 0. The van der Waals surface area contributed by atoms with E-state index in [1.165, 1.54) is 0 Å². The van der Waals surface area contributed by atoms with Crippen LogP contribution in [0.15, 0.2) is 0 Å². The smallest absolute Gasteiger partial charge is 0.214 e. The Morgan fingerprint density at radius 1 is 1.41 bits per heavy atom. The van der Waals surface area contributed by atoms with Gasteiger partial charge in [0.15, 0.2) is 0 Å². The number of rotatable bonds is 6. The van der Waals surface area contributed by atoms with Crippen molar-refractivity contribution in [1.82, 2.24) is 9.62 Å². The Morgan fingerprint density at radius 3 is 2.71 bits per heavy atom. The van der Waals surface area contributed by atoms with E-state index in [1.54, 1.807) is 4.31 Å². The molecule has 1 N–H and O–H groups in total. The molecule has 1 heterocycles. The van der Waals surface area contributed by atoms with Gasteiger partial charge in [-0.1, -0.05) is 20.8 Å². The first kappa shape index (κ1) is 14.9. The molecular weight excluding hydrogens is 236 g/mol. The van der Waals surface area contributed by atoms with E-state index in [0.29, 0.717) is 30.8 Å². The Morgan fingerprint density at radius 2 is 2.12 bits per heavy atom. The SMILES string of the molecule is CCNC1CCCN(S(=O)(=O)CCC(C)C)C1. The normalized spacial score (nSPS) is 23.2. The first-order valence-electron chi connectivity index (χ1n) is 6.67. The Hall–Kier alpha value is -0.130. The zero-order valence-electron chi connectivity index (χ0n) is 11.3. The molecule has 0 aromatic carbocycles. The largest absolute Gasteiger partial charge is 0.313 e. The van der Waals surface area contributed by atoms with Crippen LogP contribution in [0.25, 0.3) is 0 Å². The molecule has 1 fully saturated rings. The van der Waals surface area contributed by atoms with Crippen molar-refractivity contribution in [2.24, 2.45) is 5.92 Å². The van der Waals surface area contributed by atoms with Crippen molar-refractivity contribution >= 4 is 10.0 Å². The van der Waals surface area contributed by atoms with Gasteiger partial charge in [0.05, 0.1) is 5.75 Å². The second-order valence-electron chi connectivity index (χ2n) is 5.25. The van der Waals surface area contributed by atoms with Crippen LogP contribution in [0.1, 0.15) is 40.0 Å². The van der Waals surface area contributed by atoms with E-state index in [-0.39, 0.29) is 0 Å². The van der Waals surface area contributed by atoms with Gasteiger partial charge in [0.1, 0.15) is 0 Å². The van der Waals surface area contributed by atoms with Crippen LogP contribution >= 0.6 is 0 Å². The topological polar surface area (TPSA) is 49.4 Å². The molecule has 4 nitrogen and oxygen atoms in total. The van der Waals surface area contributed by atoms with Gasteiger partial charge in [-0.15, -0.1) is 0 Å². The molecule has 0 bridgehead atoms. The maximum atomic E-state index is 12.1. The van der Waals surface area contributed by atoms with Crippen molar-refractivity contribution in [3.63, 3.8) is 0 Å². The molecule has 1 aliphatic heterocycles. The minimum atomic E-state index is -3.04. The quantitative estimate of drug-likeness (QED) is 0.788. The van der Waals surface area contributed by atoms with Gasteiger partial charge in [-0.05, 0) is 31.7 Å². The molecule has 1 saturated heterocycles. The molecule has 0 radical (unpaired) electrons. The molecule has 17 heavy (non-hydrogen) atoms. The van der Waals surface area contributed by atoms with Gasteiger partial charge in [0, 0.05) is 19.1 Å². The summed E-state index contributed by atoms with van der Waals surface area (Å²) in [5.74, 6) is 0.739. The molecule has 102 valence electrons. The van der Waals surface area contributed by atoms with Crippen LogP contribution in [0.4, 0.5) is 0 Å². The molecule has 0 saturated carbocycles. The highest BCUT2D eigenvalue weighted by atomic mass is 32.2. The van der Waals surface area contributed by atoms with Gasteiger partial charge >= 0.3 is 0 Å². The first-order chi connectivity index (χ1) is 7.95. The van der Waals surface area contributed by atoms with Crippen molar-refractivity contribution in [2.75, 3.05) is 25.4 Å². The first-order valence-corrected chi connectivity index (χ1v) is 8.27. The lowest BCUT2D eigenvalue weighted by Crippen LogP contribution is -2.48. The third-order valence-electron chi connectivity index (χ3n) is 3.22.